The van der Waals surface area contributed by atoms with E-state index in [1.165, 1.54) is 10.8 Å². The van der Waals surface area contributed by atoms with Crippen LogP contribution in [0.25, 0.3) is 87.6 Å². The van der Waals surface area contributed by atoms with E-state index in [-0.39, 0.29) is 0 Å². The quantitative estimate of drug-likeness (QED) is 0.192. The second-order valence-electron chi connectivity index (χ2n) is 11.3. The molecule has 6 aromatic carbocycles. The van der Waals surface area contributed by atoms with Crippen molar-refractivity contribution in [2.45, 2.75) is 0 Å². The van der Waals surface area contributed by atoms with Crippen molar-refractivity contribution < 1.29 is 0 Å². The third-order valence-electron chi connectivity index (χ3n) is 8.47. The molecule has 0 N–H and O–H groups in total. The lowest BCUT2D eigenvalue weighted by Gasteiger charge is -2.09. The van der Waals surface area contributed by atoms with Crippen LogP contribution in [-0.2, 0) is 0 Å². The first kappa shape index (κ1) is 27.2. The third-order valence-corrected chi connectivity index (χ3v) is 9.67. The molecule has 0 aliphatic heterocycles. The summed E-state index contributed by atoms with van der Waals surface area (Å²) < 4.78 is 2.32. The zero-order chi connectivity index (χ0) is 31.2. The molecule has 5 nitrogen and oxygen atoms in total. The molecule has 0 fully saturated rings. The van der Waals surface area contributed by atoms with Crippen LogP contribution in [0.4, 0.5) is 0 Å². The molecule has 0 bridgehead atoms. The Morgan fingerprint density at radius 2 is 0.915 bits per heavy atom. The van der Waals surface area contributed by atoms with Crippen molar-refractivity contribution in [1.82, 2.24) is 25.1 Å². The smallest absolute Gasteiger partial charge is 0.164 e. The molecular formula is C41H25N5S. The fourth-order valence-electron chi connectivity index (χ4n) is 6.23. The fraction of sp³-hybridized carbons (Fsp3) is 0. The topological polar surface area (TPSA) is 64.5 Å². The van der Waals surface area contributed by atoms with Gasteiger partial charge in [0.05, 0.1) is 11.4 Å². The summed E-state index contributed by atoms with van der Waals surface area (Å²) in [5.74, 6) is 1.94. The molecule has 0 saturated carbocycles. The summed E-state index contributed by atoms with van der Waals surface area (Å²) in [6.45, 7) is 0. The number of fused-ring (bicyclic) bond motifs is 4. The summed E-state index contributed by atoms with van der Waals surface area (Å²) in [6.07, 6.45) is 0. The monoisotopic (exact) mass is 619 g/mol. The first-order valence-corrected chi connectivity index (χ1v) is 16.3. The van der Waals surface area contributed by atoms with E-state index >= 15 is 0 Å². The number of hydrogen-bond acceptors (Lipinski definition) is 6. The van der Waals surface area contributed by atoms with Gasteiger partial charge in [-0.2, -0.15) is 0 Å². The van der Waals surface area contributed by atoms with Gasteiger partial charge in [-0.1, -0.05) is 133 Å². The van der Waals surface area contributed by atoms with E-state index in [9.17, 15) is 0 Å². The minimum absolute atomic E-state index is 0.646. The average Bonchev–Trinajstić information content (AvgIpc) is 3.55. The SMILES string of the molecule is c1ccc(-c2nc(-c3ccccc3)nc(-c3cccc4sc5c(-c6ccc(-c7cccc8ccccc78)nn6)cccc5c34)n2)cc1. The van der Waals surface area contributed by atoms with Crippen LogP contribution in [0.2, 0.25) is 0 Å². The second-order valence-corrected chi connectivity index (χ2v) is 12.4. The Kier molecular flexibility index (Phi) is 6.58. The number of hydrogen-bond donors (Lipinski definition) is 0. The van der Waals surface area contributed by atoms with Crippen molar-refractivity contribution in [3.63, 3.8) is 0 Å². The van der Waals surface area contributed by atoms with Crippen molar-refractivity contribution in [3.8, 4) is 56.7 Å². The molecular weight excluding hydrogens is 595 g/mol. The molecule has 0 atom stereocenters. The molecule has 0 aliphatic rings. The van der Waals surface area contributed by atoms with Gasteiger partial charge in [0.1, 0.15) is 0 Å². The standard InChI is InChI=1S/C41H25N5S/c1-3-13-27(14-4-1)39-42-40(28-15-5-2-6-16-28)44-41(43-39)33-22-11-23-36-37(33)32-21-10-20-31(38(32)47-36)35-25-24-34(45-46-35)30-19-9-17-26-12-7-8-18-29(26)30/h1-25H. The highest BCUT2D eigenvalue weighted by molar-refractivity contribution is 7.26. The van der Waals surface area contributed by atoms with Gasteiger partial charge in [0.2, 0.25) is 0 Å². The molecule has 9 rings (SSSR count). The van der Waals surface area contributed by atoms with E-state index in [2.05, 4.69) is 91.0 Å². The Bertz CT molecular complexity index is 2500. The lowest BCUT2D eigenvalue weighted by molar-refractivity contribution is 1.05. The molecule has 3 heterocycles. The summed E-state index contributed by atoms with van der Waals surface area (Å²) in [7, 11) is 0. The number of benzene rings is 6. The van der Waals surface area contributed by atoms with Crippen LogP contribution in [0.1, 0.15) is 0 Å². The van der Waals surface area contributed by atoms with Gasteiger partial charge in [0.15, 0.2) is 17.5 Å². The second kappa shape index (κ2) is 11.4. The molecule has 47 heavy (non-hydrogen) atoms. The largest absolute Gasteiger partial charge is 0.208 e. The zero-order valence-corrected chi connectivity index (χ0v) is 25.9. The van der Waals surface area contributed by atoms with Crippen molar-refractivity contribution in [3.05, 3.63) is 152 Å². The molecule has 0 amide bonds. The van der Waals surface area contributed by atoms with E-state index in [1.54, 1.807) is 11.3 Å². The fourth-order valence-corrected chi connectivity index (χ4v) is 7.48. The average molecular weight is 620 g/mol. The van der Waals surface area contributed by atoms with Gasteiger partial charge in [-0.15, -0.1) is 21.5 Å². The first-order valence-electron chi connectivity index (χ1n) is 15.4. The number of thiophene rings is 1. The highest BCUT2D eigenvalue weighted by Crippen LogP contribution is 2.43. The predicted molar refractivity (Wildman–Crippen MR) is 193 cm³/mol. The maximum atomic E-state index is 5.04. The maximum absolute atomic E-state index is 5.04. The van der Waals surface area contributed by atoms with Crippen LogP contribution < -0.4 is 0 Å². The van der Waals surface area contributed by atoms with E-state index < -0.39 is 0 Å². The summed E-state index contributed by atoms with van der Waals surface area (Å²) >= 11 is 1.76. The molecule has 0 radical (unpaired) electrons. The maximum Gasteiger partial charge on any atom is 0.164 e. The van der Waals surface area contributed by atoms with Crippen LogP contribution in [0.5, 0.6) is 0 Å². The van der Waals surface area contributed by atoms with Crippen LogP contribution >= 0.6 is 11.3 Å². The van der Waals surface area contributed by atoms with E-state index in [4.69, 9.17) is 25.1 Å². The Balaban J connectivity index is 1.19. The van der Waals surface area contributed by atoms with Crippen molar-refractivity contribution in [2.75, 3.05) is 0 Å². The van der Waals surface area contributed by atoms with Gasteiger partial charge in [-0.05, 0) is 29.0 Å². The molecule has 0 spiro atoms. The molecule has 3 aromatic heterocycles. The highest BCUT2D eigenvalue weighted by Gasteiger charge is 2.19. The summed E-state index contributed by atoms with van der Waals surface area (Å²) in [5.41, 5.74) is 6.69. The minimum atomic E-state index is 0.646. The summed E-state index contributed by atoms with van der Waals surface area (Å²) in [6, 6.07) is 51.8. The Labute approximate surface area is 274 Å². The third kappa shape index (κ3) is 4.83. The Morgan fingerprint density at radius 3 is 1.64 bits per heavy atom. The van der Waals surface area contributed by atoms with Gasteiger partial charge in [0.25, 0.3) is 0 Å². The molecule has 6 heteroatoms. The van der Waals surface area contributed by atoms with E-state index in [1.807, 2.05) is 60.7 Å². The van der Waals surface area contributed by atoms with Crippen LogP contribution in [0, 0.1) is 0 Å². The Hall–Kier alpha value is -6.11. The van der Waals surface area contributed by atoms with Gasteiger partial charge in [-0.3, -0.25) is 0 Å². The van der Waals surface area contributed by atoms with Gasteiger partial charge in [-0.25, -0.2) is 15.0 Å². The van der Waals surface area contributed by atoms with Crippen LogP contribution in [-0.4, -0.2) is 25.1 Å². The van der Waals surface area contributed by atoms with E-state index in [0.29, 0.717) is 17.5 Å². The predicted octanol–water partition coefficient (Wildman–Crippen LogP) is 10.5. The lowest BCUT2D eigenvalue weighted by atomic mass is 10.0. The molecule has 220 valence electrons. The molecule has 0 unspecified atom stereocenters. The van der Waals surface area contributed by atoms with Crippen molar-refractivity contribution >= 4 is 42.3 Å². The van der Waals surface area contributed by atoms with Gasteiger partial charge >= 0.3 is 0 Å². The van der Waals surface area contributed by atoms with Gasteiger partial charge < -0.3 is 0 Å². The van der Waals surface area contributed by atoms with Gasteiger partial charge in [0, 0.05) is 48.0 Å². The normalized spacial score (nSPS) is 11.4. The highest BCUT2D eigenvalue weighted by atomic mass is 32.1. The summed E-state index contributed by atoms with van der Waals surface area (Å²) in [4.78, 5) is 15.0. The Morgan fingerprint density at radius 1 is 0.383 bits per heavy atom. The molecule has 0 aliphatic carbocycles. The molecule has 9 aromatic rings. The van der Waals surface area contributed by atoms with E-state index in [0.717, 1.165) is 59.4 Å². The number of nitrogens with zero attached hydrogens (tertiary/aromatic N) is 5. The first-order chi connectivity index (χ1) is 23.3. The van der Waals surface area contributed by atoms with Crippen molar-refractivity contribution in [2.24, 2.45) is 0 Å². The number of aromatic nitrogens is 5. The zero-order valence-electron chi connectivity index (χ0n) is 25.1. The lowest BCUT2D eigenvalue weighted by Crippen LogP contribution is -2.00. The number of rotatable bonds is 5. The van der Waals surface area contributed by atoms with Crippen LogP contribution in [0.15, 0.2) is 152 Å². The summed E-state index contributed by atoms with van der Waals surface area (Å²) in [5, 5.41) is 14.1. The minimum Gasteiger partial charge on any atom is -0.208 e. The van der Waals surface area contributed by atoms with Crippen LogP contribution in [0.3, 0.4) is 0 Å². The molecule has 0 saturated heterocycles. The van der Waals surface area contributed by atoms with Crippen molar-refractivity contribution in [1.29, 1.82) is 0 Å².